The van der Waals surface area contributed by atoms with Crippen molar-refractivity contribution in [3.05, 3.63) is 0 Å². The fourth-order valence-corrected chi connectivity index (χ4v) is 0. The zero-order valence-electron chi connectivity index (χ0n) is 4.78. The van der Waals surface area contributed by atoms with Crippen LogP contribution >= 0.6 is 0 Å². The molecule has 12 heavy (non-hydrogen) atoms. The molecule has 0 heterocycles. The van der Waals surface area contributed by atoms with Gasteiger partial charge in [0, 0.05) is 31.1 Å². The van der Waals surface area contributed by atoms with E-state index in [-0.39, 0.29) is 118 Å². The third-order valence-electron chi connectivity index (χ3n) is 0. The second-order valence-electron chi connectivity index (χ2n) is 0. The summed E-state index contributed by atoms with van der Waals surface area (Å²) in [6.45, 7) is 0. The van der Waals surface area contributed by atoms with Crippen LogP contribution in [0.25, 0.3) is 0 Å². The Hall–Kier alpha value is 1.68. The molecule has 84 valence electrons. The van der Waals surface area contributed by atoms with Crippen molar-refractivity contribution < 1.29 is 118 Å². The minimum Gasteiger partial charge on any atom is -1.00 e. The van der Waals surface area contributed by atoms with Crippen LogP contribution in [-0.2, 0) is 0 Å². The van der Waals surface area contributed by atoms with Gasteiger partial charge in [0.25, 0.3) is 0 Å². The van der Waals surface area contributed by atoms with Crippen LogP contribution in [0.1, 0.15) is 0 Å². The van der Waals surface area contributed by atoms with Gasteiger partial charge in [0.05, 0.1) is 0 Å². The first-order valence-electron chi connectivity index (χ1n) is 0. The molecule has 0 aromatic carbocycles. The number of hydrogen-bond acceptors (Lipinski definition) is 0. The van der Waals surface area contributed by atoms with E-state index in [0.29, 0.717) is 0 Å². The van der Waals surface area contributed by atoms with Crippen LogP contribution in [0.5, 0.6) is 0 Å². The van der Waals surface area contributed by atoms with E-state index < -0.39 is 0 Å². The van der Waals surface area contributed by atoms with E-state index in [1.165, 1.54) is 0 Å². The Labute approximate surface area is 117 Å². The predicted octanol–water partition coefficient (Wildman–Crippen LogP) is -30.0. The van der Waals surface area contributed by atoms with Gasteiger partial charge in [0.15, 0.2) is 0 Å². The summed E-state index contributed by atoms with van der Waals surface area (Å²) in [5, 5.41) is 0. The summed E-state index contributed by atoms with van der Waals surface area (Å²) in [5.41, 5.74) is 0. The molecule has 0 aromatic rings. The first-order valence-corrected chi connectivity index (χ1v) is 0. The number of halogens is 10. The van der Waals surface area contributed by atoms with Crippen LogP contribution in [0, 0.1) is 71.1 Å². The van der Waals surface area contributed by atoms with E-state index in [1.54, 1.807) is 0 Å². The van der Waals surface area contributed by atoms with E-state index in [4.69, 9.17) is 0 Å². The maximum absolute atomic E-state index is 0. The van der Waals surface area contributed by atoms with E-state index >= 15 is 0 Å². The van der Waals surface area contributed by atoms with Crippen molar-refractivity contribution in [1.29, 1.82) is 0 Å². The molecule has 0 radical (unpaired) electrons. The third kappa shape index (κ3) is 473. The first kappa shape index (κ1) is 782. The summed E-state index contributed by atoms with van der Waals surface area (Å²) in [6, 6.07) is 0. The van der Waals surface area contributed by atoms with Gasteiger partial charge in [-0.25, -0.2) is 0 Å². The van der Waals surface area contributed by atoms with Gasteiger partial charge in [-0.15, -0.1) is 0 Å². The molecule has 0 saturated carbocycles. The molecule has 12 heteroatoms. The fourth-order valence-electron chi connectivity index (χ4n) is 0. The Bertz CT molecular complexity index is 9.80. The fraction of sp³-hybridized carbons (Fsp3) is 0. The number of rotatable bonds is 0. The van der Waals surface area contributed by atoms with Crippen molar-refractivity contribution in [3.63, 3.8) is 0 Å². The molecule has 0 spiro atoms. The van der Waals surface area contributed by atoms with Gasteiger partial charge in [-0.3, -0.25) is 0 Å². The second kappa shape index (κ2) is 615. The minimum atomic E-state index is 0. The van der Waals surface area contributed by atoms with Gasteiger partial charge >= 0.3 is 39.9 Å². The average molecular weight is 660 g/mol. The second-order valence-corrected chi connectivity index (χ2v) is 0. The van der Waals surface area contributed by atoms with Gasteiger partial charge < -0.3 is 47.0 Å². The molecule has 0 aliphatic rings. The first-order chi connectivity index (χ1) is 0. The average Bonchev–Trinajstić information content (AvgIpc) is 0. The van der Waals surface area contributed by atoms with Crippen molar-refractivity contribution in [3.8, 4) is 0 Å². The SMILES string of the molecule is [F-].[F-].[F-].[F-].[F-].[F-].[F-].[F-].[F-].[F-].[Th+4].[U]. The van der Waals surface area contributed by atoms with Crippen molar-refractivity contribution in [1.82, 2.24) is 0 Å². The summed E-state index contributed by atoms with van der Waals surface area (Å²) in [6.07, 6.45) is 0. The van der Waals surface area contributed by atoms with E-state index in [2.05, 4.69) is 0 Å². The molecule has 0 atom stereocenters. The molecule has 0 unspecified atom stereocenters. The van der Waals surface area contributed by atoms with Gasteiger partial charge in [-0.2, -0.15) is 0 Å². The zero-order valence-corrected chi connectivity index (χ0v) is 13.1. The third-order valence-corrected chi connectivity index (χ3v) is 0. The molecule has 0 aliphatic heterocycles. The summed E-state index contributed by atoms with van der Waals surface area (Å²) in [7, 11) is 0. The maximum atomic E-state index is 0. The van der Waals surface area contributed by atoms with E-state index in [1.807, 2.05) is 0 Å². The van der Waals surface area contributed by atoms with Gasteiger partial charge in [0.1, 0.15) is 0 Å². The van der Waals surface area contributed by atoms with Crippen LogP contribution < -0.4 is 47.0 Å². The number of hydrogen-bond donors (Lipinski definition) is 0. The molecule has 0 saturated heterocycles. The van der Waals surface area contributed by atoms with Crippen molar-refractivity contribution in [2.45, 2.75) is 0 Å². The summed E-state index contributed by atoms with van der Waals surface area (Å²) >= 11 is 0. The molecular formula is F10ThU-6. The molecule has 0 fully saturated rings. The maximum Gasteiger partial charge on any atom is 4.00 e. The Morgan fingerprint density at radius 3 is 0.250 bits per heavy atom. The van der Waals surface area contributed by atoms with Crippen molar-refractivity contribution >= 4 is 0 Å². The Balaban J connectivity index is 0. The Kier molecular flexibility index (Phi) is 40100. The Morgan fingerprint density at radius 1 is 0.250 bits per heavy atom. The van der Waals surface area contributed by atoms with Gasteiger partial charge in [-0.05, 0) is 0 Å². The molecule has 0 rings (SSSR count). The minimum absolute atomic E-state index is 0. The molecule has 0 amide bonds. The molecule has 0 nitrogen and oxygen atoms in total. The van der Waals surface area contributed by atoms with E-state index in [0.717, 1.165) is 0 Å². The van der Waals surface area contributed by atoms with Crippen LogP contribution in [-0.4, -0.2) is 0 Å². The molecule has 0 aromatic heterocycles. The van der Waals surface area contributed by atoms with E-state index in [9.17, 15) is 0 Å². The van der Waals surface area contributed by atoms with Gasteiger partial charge in [0.2, 0.25) is 0 Å². The summed E-state index contributed by atoms with van der Waals surface area (Å²) in [4.78, 5) is 0. The largest absolute Gasteiger partial charge is 4.00 e. The quantitative estimate of drug-likeness (QED) is 0.227. The molecule has 0 aliphatic carbocycles. The smallest absolute Gasteiger partial charge is 1.00 e. The van der Waals surface area contributed by atoms with Crippen LogP contribution in [0.2, 0.25) is 0 Å². The summed E-state index contributed by atoms with van der Waals surface area (Å²) in [5.74, 6) is 0. The van der Waals surface area contributed by atoms with Crippen LogP contribution in [0.3, 0.4) is 0 Å². The zero-order chi connectivity index (χ0) is 0. The van der Waals surface area contributed by atoms with Crippen LogP contribution in [0.15, 0.2) is 0 Å². The van der Waals surface area contributed by atoms with Gasteiger partial charge in [-0.1, -0.05) is 0 Å². The van der Waals surface area contributed by atoms with Crippen molar-refractivity contribution in [2.24, 2.45) is 0 Å². The molecule has 0 bridgehead atoms. The predicted molar refractivity (Wildman–Crippen MR) is 0 cm³/mol. The van der Waals surface area contributed by atoms with Crippen LogP contribution in [0.4, 0.5) is 0 Å². The monoisotopic (exact) mass is 660 g/mol. The van der Waals surface area contributed by atoms with Crippen molar-refractivity contribution in [2.75, 3.05) is 0 Å². The molecule has 0 N–H and O–H groups in total. The standard InChI is InChI=1S/10FH.Th.U/h10*1H;;/q;;;;;;;;;;+4;/p-10. The normalized spacial score (nSPS) is 0. The summed E-state index contributed by atoms with van der Waals surface area (Å²) < 4.78 is 0. The Morgan fingerprint density at radius 2 is 0.250 bits per heavy atom. The molecular weight excluding hydrogens is 660 g/mol. The topological polar surface area (TPSA) is 0 Å².